The average Bonchev–Trinajstić information content (AvgIpc) is 2.36. The van der Waals surface area contributed by atoms with Gasteiger partial charge in [-0.3, -0.25) is 0 Å². The van der Waals surface area contributed by atoms with E-state index in [9.17, 15) is 4.79 Å². The lowest BCUT2D eigenvalue weighted by Gasteiger charge is -2.16. The Kier molecular flexibility index (Phi) is 5.54. The molecular formula is C13H22N4O2. The number of hydrogen-bond acceptors (Lipinski definition) is 6. The van der Waals surface area contributed by atoms with E-state index in [2.05, 4.69) is 15.3 Å². The zero-order valence-corrected chi connectivity index (χ0v) is 12.0. The van der Waals surface area contributed by atoms with Crippen LogP contribution >= 0.6 is 0 Å². The molecule has 0 saturated heterocycles. The van der Waals surface area contributed by atoms with E-state index in [1.807, 2.05) is 13.8 Å². The van der Waals surface area contributed by atoms with Gasteiger partial charge in [0.05, 0.1) is 6.61 Å². The van der Waals surface area contributed by atoms with Crippen molar-refractivity contribution in [2.75, 3.05) is 17.7 Å². The fraction of sp³-hybridized carbons (Fsp3) is 0.615. The van der Waals surface area contributed by atoms with E-state index in [1.165, 1.54) is 0 Å². The van der Waals surface area contributed by atoms with Gasteiger partial charge in [0.15, 0.2) is 0 Å². The molecule has 6 heteroatoms. The van der Waals surface area contributed by atoms with Gasteiger partial charge in [0.25, 0.3) is 0 Å². The molecule has 1 heterocycles. The third-order valence-electron chi connectivity index (χ3n) is 2.70. The molecular weight excluding hydrogens is 244 g/mol. The smallest absolute Gasteiger partial charge is 0.328 e. The maximum absolute atomic E-state index is 11.6. The summed E-state index contributed by atoms with van der Waals surface area (Å²) in [4.78, 5) is 20.2. The minimum atomic E-state index is -0.470. The predicted octanol–water partition coefficient (Wildman–Crippen LogP) is 1.68. The summed E-state index contributed by atoms with van der Waals surface area (Å²) >= 11 is 0. The van der Waals surface area contributed by atoms with Crippen molar-refractivity contribution in [2.45, 2.75) is 46.6 Å². The molecule has 3 N–H and O–H groups in total. The van der Waals surface area contributed by atoms with E-state index in [0.29, 0.717) is 24.1 Å². The number of hydrogen-bond donors (Lipinski definition) is 2. The number of rotatable bonds is 6. The average molecular weight is 266 g/mol. The molecule has 0 amide bonds. The van der Waals surface area contributed by atoms with Gasteiger partial charge in [0.1, 0.15) is 23.5 Å². The molecule has 19 heavy (non-hydrogen) atoms. The lowest BCUT2D eigenvalue weighted by atomic mass is 10.2. The highest BCUT2D eigenvalue weighted by Crippen LogP contribution is 2.18. The van der Waals surface area contributed by atoms with Crippen molar-refractivity contribution in [3.63, 3.8) is 0 Å². The number of nitrogens with two attached hydrogens (primary N) is 1. The van der Waals surface area contributed by atoms with E-state index < -0.39 is 6.04 Å². The van der Waals surface area contributed by atoms with Gasteiger partial charge in [-0.25, -0.2) is 14.8 Å². The highest BCUT2D eigenvalue weighted by atomic mass is 16.5. The first kappa shape index (κ1) is 15.2. The monoisotopic (exact) mass is 266 g/mol. The Labute approximate surface area is 113 Å². The number of anilines is 2. The van der Waals surface area contributed by atoms with Gasteiger partial charge in [-0.05, 0) is 27.2 Å². The first-order chi connectivity index (χ1) is 8.99. The van der Waals surface area contributed by atoms with Crippen molar-refractivity contribution >= 4 is 17.6 Å². The molecule has 1 aromatic rings. The molecule has 0 aliphatic rings. The van der Waals surface area contributed by atoms with E-state index in [1.54, 1.807) is 13.8 Å². The Bertz CT molecular complexity index is 449. The Balaban J connectivity index is 2.90. The summed E-state index contributed by atoms with van der Waals surface area (Å²) in [5.41, 5.74) is 6.60. The van der Waals surface area contributed by atoms with E-state index in [4.69, 9.17) is 10.5 Å². The second-order valence-electron chi connectivity index (χ2n) is 4.37. The van der Waals surface area contributed by atoms with Crippen LogP contribution < -0.4 is 11.1 Å². The van der Waals surface area contributed by atoms with Gasteiger partial charge >= 0.3 is 5.97 Å². The van der Waals surface area contributed by atoms with Crippen LogP contribution in [0.1, 0.15) is 38.6 Å². The summed E-state index contributed by atoms with van der Waals surface area (Å²) in [6, 6.07) is -0.470. The SMILES string of the molecule is CCCc1nc(N)c(C)c(NC(C)C(=O)OCC)n1. The van der Waals surface area contributed by atoms with Gasteiger partial charge in [-0.2, -0.15) is 0 Å². The Hall–Kier alpha value is -1.85. The standard InChI is InChI=1S/C13H22N4O2/c1-5-7-10-16-11(14)8(3)12(17-10)15-9(4)13(18)19-6-2/h9H,5-7H2,1-4H3,(H3,14,15,16,17). The van der Waals surface area contributed by atoms with Crippen LogP contribution in [0.4, 0.5) is 11.6 Å². The summed E-state index contributed by atoms with van der Waals surface area (Å²) in [7, 11) is 0. The van der Waals surface area contributed by atoms with Gasteiger partial charge < -0.3 is 15.8 Å². The summed E-state index contributed by atoms with van der Waals surface area (Å²) in [5, 5.41) is 3.03. The predicted molar refractivity (Wildman–Crippen MR) is 74.9 cm³/mol. The fourth-order valence-corrected chi connectivity index (χ4v) is 1.59. The third-order valence-corrected chi connectivity index (χ3v) is 2.70. The van der Waals surface area contributed by atoms with Gasteiger partial charge in [0.2, 0.25) is 0 Å². The molecule has 1 rings (SSSR count). The van der Waals surface area contributed by atoms with E-state index in [0.717, 1.165) is 18.4 Å². The zero-order valence-electron chi connectivity index (χ0n) is 12.0. The van der Waals surface area contributed by atoms with Crippen molar-refractivity contribution in [3.8, 4) is 0 Å². The molecule has 0 spiro atoms. The minimum Gasteiger partial charge on any atom is -0.464 e. The Morgan fingerprint density at radius 1 is 1.42 bits per heavy atom. The van der Waals surface area contributed by atoms with Gasteiger partial charge in [0, 0.05) is 12.0 Å². The number of nitrogens with one attached hydrogen (secondary N) is 1. The maximum atomic E-state index is 11.6. The zero-order chi connectivity index (χ0) is 14.4. The molecule has 0 bridgehead atoms. The highest BCUT2D eigenvalue weighted by molar-refractivity contribution is 5.79. The molecule has 0 fully saturated rings. The summed E-state index contributed by atoms with van der Waals surface area (Å²) in [5.74, 6) is 1.41. The summed E-state index contributed by atoms with van der Waals surface area (Å²) in [6.07, 6.45) is 1.70. The first-order valence-corrected chi connectivity index (χ1v) is 6.55. The van der Waals surface area contributed by atoms with Crippen molar-refractivity contribution in [1.29, 1.82) is 0 Å². The van der Waals surface area contributed by atoms with Crippen molar-refractivity contribution in [2.24, 2.45) is 0 Å². The number of esters is 1. The van der Waals surface area contributed by atoms with Crippen LogP contribution in [0.3, 0.4) is 0 Å². The number of aryl methyl sites for hydroxylation is 1. The molecule has 0 saturated carbocycles. The van der Waals surface area contributed by atoms with Crippen molar-refractivity contribution < 1.29 is 9.53 Å². The second kappa shape index (κ2) is 6.92. The first-order valence-electron chi connectivity index (χ1n) is 6.55. The number of nitrogens with zero attached hydrogens (tertiary/aromatic N) is 2. The lowest BCUT2D eigenvalue weighted by molar-refractivity contribution is -0.143. The number of aromatic nitrogens is 2. The lowest BCUT2D eigenvalue weighted by Crippen LogP contribution is -2.29. The van der Waals surface area contributed by atoms with Crippen LogP contribution in [0, 0.1) is 6.92 Å². The molecule has 0 aliphatic carbocycles. The molecule has 1 aromatic heterocycles. The van der Waals surface area contributed by atoms with Crippen molar-refractivity contribution in [1.82, 2.24) is 9.97 Å². The van der Waals surface area contributed by atoms with Crippen LogP contribution in [0.2, 0.25) is 0 Å². The number of carbonyl (C=O) groups excluding carboxylic acids is 1. The third kappa shape index (κ3) is 4.08. The summed E-state index contributed by atoms with van der Waals surface area (Å²) < 4.78 is 4.95. The van der Waals surface area contributed by atoms with Crippen LogP contribution in [-0.2, 0) is 16.0 Å². The van der Waals surface area contributed by atoms with Gasteiger partial charge in [-0.1, -0.05) is 6.92 Å². The quantitative estimate of drug-likeness (QED) is 0.761. The van der Waals surface area contributed by atoms with Gasteiger partial charge in [-0.15, -0.1) is 0 Å². The number of ether oxygens (including phenoxy) is 1. The second-order valence-corrected chi connectivity index (χ2v) is 4.37. The normalized spacial score (nSPS) is 12.0. The highest BCUT2D eigenvalue weighted by Gasteiger charge is 2.17. The topological polar surface area (TPSA) is 90.1 Å². The Morgan fingerprint density at radius 2 is 2.11 bits per heavy atom. The van der Waals surface area contributed by atoms with Crippen LogP contribution in [0.15, 0.2) is 0 Å². The molecule has 1 atom stereocenters. The molecule has 0 aromatic carbocycles. The maximum Gasteiger partial charge on any atom is 0.328 e. The van der Waals surface area contributed by atoms with Crippen LogP contribution in [-0.4, -0.2) is 28.6 Å². The fourth-order valence-electron chi connectivity index (χ4n) is 1.59. The summed E-state index contributed by atoms with van der Waals surface area (Å²) in [6.45, 7) is 7.74. The molecule has 6 nitrogen and oxygen atoms in total. The van der Waals surface area contributed by atoms with Crippen LogP contribution in [0.5, 0.6) is 0 Å². The molecule has 0 radical (unpaired) electrons. The largest absolute Gasteiger partial charge is 0.464 e. The molecule has 106 valence electrons. The van der Waals surface area contributed by atoms with Crippen molar-refractivity contribution in [3.05, 3.63) is 11.4 Å². The molecule has 0 aliphatic heterocycles. The van der Waals surface area contributed by atoms with E-state index in [-0.39, 0.29) is 5.97 Å². The van der Waals surface area contributed by atoms with E-state index >= 15 is 0 Å². The molecule has 1 unspecified atom stereocenters. The minimum absolute atomic E-state index is 0.309. The number of nitrogen functional groups attached to an aromatic ring is 1. The number of carbonyl (C=O) groups is 1. The Morgan fingerprint density at radius 3 is 2.68 bits per heavy atom. The van der Waals surface area contributed by atoms with Crippen LogP contribution in [0.25, 0.3) is 0 Å².